The Hall–Kier alpha value is -2.36. The minimum absolute atomic E-state index is 0.0242. The summed E-state index contributed by atoms with van der Waals surface area (Å²) in [5.74, 6) is 0.136. The summed E-state index contributed by atoms with van der Waals surface area (Å²) in [6, 6.07) is 0. The summed E-state index contributed by atoms with van der Waals surface area (Å²) >= 11 is 1.16. The van der Waals surface area contributed by atoms with E-state index in [1.54, 1.807) is 18.5 Å². The van der Waals surface area contributed by atoms with Crippen molar-refractivity contribution in [1.82, 2.24) is 24.3 Å². The van der Waals surface area contributed by atoms with Crippen molar-refractivity contribution in [2.75, 3.05) is 11.5 Å². The number of Topliss-reactive ketones (excluding diaryl/α,β-unsaturated/α-hetero) is 1. The smallest absolute Gasteiger partial charge is 0.329 e. The van der Waals surface area contributed by atoms with Crippen LogP contribution in [-0.2, 0) is 13.6 Å². The first-order valence-corrected chi connectivity index (χ1v) is 8.00. The fraction of sp³-hybridized carbons (Fsp3) is 0.462. The lowest BCUT2D eigenvalue weighted by Crippen LogP contribution is -2.36. The molecule has 0 saturated heterocycles. The molecule has 0 fully saturated rings. The largest absolute Gasteiger partial charge is 0.384 e. The summed E-state index contributed by atoms with van der Waals surface area (Å²) in [6.45, 7) is 3.99. The maximum atomic E-state index is 12.4. The number of rotatable bonds is 6. The standard InChI is InChI=1S/C13H18N6O3S/c1-4-5-19-10(14)9(11(21)15-12(19)22)8(20)6-23-13-17-16-7(2)18(13)3/h4-6,14H2,1-3H3,(H,15,21,22). The summed E-state index contributed by atoms with van der Waals surface area (Å²) < 4.78 is 2.94. The fourth-order valence-corrected chi connectivity index (χ4v) is 2.85. The van der Waals surface area contributed by atoms with Crippen molar-refractivity contribution in [1.29, 1.82) is 0 Å². The number of aryl methyl sites for hydroxylation is 1. The molecule has 0 spiro atoms. The van der Waals surface area contributed by atoms with Gasteiger partial charge in [-0.05, 0) is 13.3 Å². The van der Waals surface area contributed by atoms with Crippen molar-refractivity contribution in [3.05, 3.63) is 32.2 Å². The number of H-pyrrole nitrogens is 1. The molecule has 0 amide bonds. The van der Waals surface area contributed by atoms with E-state index in [4.69, 9.17) is 5.73 Å². The molecule has 0 aliphatic heterocycles. The topological polar surface area (TPSA) is 129 Å². The third-order valence-corrected chi connectivity index (χ3v) is 4.37. The maximum absolute atomic E-state index is 12.4. The van der Waals surface area contributed by atoms with E-state index in [1.165, 1.54) is 4.57 Å². The van der Waals surface area contributed by atoms with Gasteiger partial charge in [0.1, 0.15) is 17.2 Å². The predicted octanol–water partition coefficient (Wildman–Crippen LogP) is -0.0593. The van der Waals surface area contributed by atoms with Crippen LogP contribution in [0.1, 0.15) is 29.5 Å². The van der Waals surface area contributed by atoms with Crippen LogP contribution in [0.3, 0.4) is 0 Å². The first-order valence-electron chi connectivity index (χ1n) is 7.01. The Bertz CT molecular complexity index is 850. The Morgan fingerprint density at radius 1 is 1.35 bits per heavy atom. The van der Waals surface area contributed by atoms with Crippen LogP contribution in [0.15, 0.2) is 14.7 Å². The fourth-order valence-electron chi connectivity index (χ4n) is 2.02. The molecule has 2 aromatic heterocycles. The van der Waals surface area contributed by atoms with E-state index in [1.807, 2.05) is 6.92 Å². The number of nitrogens with two attached hydrogens (primary N) is 1. The van der Waals surface area contributed by atoms with Gasteiger partial charge >= 0.3 is 5.69 Å². The lowest BCUT2D eigenvalue weighted by atomic mass is 10.2. The number of carbonyl (C=O) groups excluding carboxylic acids is 1. The van der Waals surface area contributed by atoms with Gasteiger partial charge < -0.3 is 10.3 Å². The summed E-state index contributed by atoms with van der Waals surface area (Å²) in [7, 11) is 1.78. The first-order chi connectivity index (χ1) is 10.9. The number of carbonyl (C=O) groups is 1. The van der Waals surface area contributed by atoms with E-state index in [0.29, 0.717) is 23.9 Å². The SMILES string of the molecule is CCCn1c(N)c(C(=O)CSc2nnc(C)n2C)c(=O)[nH]c1=O. The highest BCUT2D eigenvalue weighted by Gasteiger charge is 2.20. The van der Waals surface area contributed by atoms with Gasteiger partial charge in [-0.1, -0.05) is 18.7 Å². The number of nitrogen functional groups attached to an aromatic ring is 1. The van der Waals surface area contributed by atoms with Crippen LogP contribution in [0.5, 0.6) is 0 Å². The molecule has 0 radical (unpaired) electrons. The summed E-state index contributed by atoms with van der Waals surface area (Å²) in [6.07, 6.45) is 0.650. The van der Waals surface area contributed by atoms with E-state index in [-0.39, 0.29) is 17.1 Å². The lowest BCUT2D eigenvalue weighted by molar-refractivity contribution is 0.102. The normalized spacial score (nSPS) is 10.9. The third kappa shape index (κ3) is 3.36. The average molecular weight is 338 g/mol. The molecule has 2 rings (SSSR count). The molecule has 23 heavy (non-hydrogen) atoms. The zero-order valence-corrected chi connectivity index (χ0v) is 13.9. The molecule has 9 nitrogen and oxygen atoms in total. The zero-order chi connectivity index (χ0) is 17.1. The third-order valence-electron chi connectivity index (χ3n) is 3.35. The molecule has 2 aromatic rings. The number of nitrogens with one attached hydrogen (secondary N) is 1. The molecule has 2 heterocycles. The van der Waals surface area contributed by atoms with Crippen molar-refractivity contribution in [2.24, 2.45) is 7.05 Å². The van der Waals surface area contributed by atoms with Gasteiger partial charge in [0, 0.05) is 13.6 Å². The van der Waals surface area contributed by atoms with E-state index in [2.05, 4.69) is 15.2 Å². The van der Waals surface area contributed by atoms with Gasteiger partial charge in [0.15, 0.2) is 10.9 Å². The van der Waals surface area contributed by atoms with Crippen molar-refractivity contribution in [3.8, 4) is 0 Å². The maximum Gasteiger partial charge on any atom is 0.329 e. The van der Waals surface area contributed by atoms with Gasteiger partial charge in [-0.2, -0.15) is 0 Å². The molecular formula is C13H18N6O3S. The van der Waals surface area contributed by atoms with Crippen LogP contribution < -0.4 is 17.0 Å². The van der Waals surface area contributed by atoms with Gasteiger partial charge in [-0.3, -0.25) is 19.1 Å². The number of nitrogens with zero attached hydrogens (tertiary/aromatic N) is 4. The summed E-state index contributed by atoms with van der Waals surface area (Å²) in [5, 5.41) is 8.40. The zero-order valence-electron chi connectivity index (χ0n) is 13.1. The molecule has 0 unspecified atom stereocenters. The van der Waals surface area contributed by atoms with E-state index < -0.39 is 17.0 Å². The second kappa shape index (κ2) is 6.82. The van der Waals surface area contributed by atoms with Gasteiger partial charge in [0.25, 0.3) is 5.56 Å². The number of ketones is 1. The number of aromatic nitrogens is 5. The predicted molar refractivity (Wildman–Crippen MR) is 86.8 cm³/mol. The highest BCUT2D eigenvalue weighted by Crippen LogP contribution is 2.17. The number of hydrogen-bond acceptors (Lipinski definition) is 7. The molecule has 0 aromatic carbocycles. The molecule has 124 valence electrons. The minimum atomic E-state index is -0.764. The van der Waals surface area contributed by atoms with Crippen LogP contribution in [-0.4, -0.2) is 35.9 Å². The molecule has 0 aliphatic carbocycles. The average Bonchev–Trinajstić information content (AvgIpc) is 2.80. The van der Waals surface area contributed by atoms with Gasteiger partial charge in [0.05, 0.1) is 5.75 Å². The van der Waals surface area contributed by atoms with Crippen LogP contribution in [0.2, 0.25) is 0 Å². The molecule has 0 saturated carbocycles. The minimum Gasteiger partial charge on any atom is -0.384 e. The molecular weight excluding hydrogens is 320 g/mol. The van der Waals surface area contributed by atoms with Crippen molar-refractivity contribution in [2.45, 2.75) is 32.0 Å². The number of anilines is 1. The van der Waals surface area contributed by atoms with Crippen LogP contribution in [0.4, 0.5) is 5.82 Å². The number of hydrogen-bond donors (Lipinski definition) is 2. The van der Waals surface area contributed by atoms with Crippen LogP contribution >= 0.6 is 11.8 Å². The highest BCUT2D eigenvalue weighted by molar-refractivity contribution is 7.99. The Morgan fingerprint density at radius 2 is 2.04 bits per heavy atom. The molecule has 0 atom stereocenters. The summed E-state index contributed by atoms with van der Waals surface area (Å²) in [4.78, 5) is 38.2. The Labute approximate surface area is 135 Å². The van der Waals surface area contributed by atoms with Gasteiger partial charge in [-0.25, -0.2) is 4.79 Å². The highest BCUT2D eigenvalue weighted by atomic mass is 32.2. The summed E-state index contributed by atoms with van der Waals surface area (Å²) in [5.41, 5.74) is 4.29. The molecule has 0 bridgehead atoms. The first kappa shape index (κ1) is 17.0. The van der Waals surface area contributed by atoms with Gasteiger partial charge in [0.2, 0.25) is 0 Å². The number of aromatic amines is 1. The van der Waals surface area contributed by atoms with Crippen molar-refractivity contribution >= 4 is 23.4 Å². The Balaban J connectivity index is 2.29. The Kier molecular flexibility index (Phi) is 5.04. The van der Waals surface area contributed by atoms with E-state index in [0.717, 1.165) is 11.8 Å². The second-order valence-corrected chi connectivity index (χ2v) is 5.91. The van der Waals surface area contributed by atoms with Crippen LogP contribution in [0, 0.1) is 6.92 Å². The van der Waals surface area contributed by atoms with Crippen LogP contribution in [0.25, 0.3) is 0 Å². The van der Waals surface area contributed by atoms with Gasteiger partial charge in [-0.15, -0.1) is 10.2 Å². The Morgan fingerprint density at radius 3 is 2.61 bits per heavy atom. The molecule has 10 heteroatoms. The molecule has 3 N–H and O–H groups in total. The molecule has 0 aliphatic rings. The second-order valence-electron chi connectivity index (χ2n) is 4.97. The van der Waals surface area contributed by atoms with Crippen molar-refractivity contribution in [3.63, 3.8) is 0 Å². The van der Waals surface area contributed by atoms with E-state index >= 15 is 0 Å². The lowest BCUT2D eigenvalue weighted by Gasteiger charge is -2.10. The monoisotopic (exact) mass is 338 g/mol. The van der Waals surface area contributed by atoms with E-state index in [9.17, 15) is 14.4 Å². The quantitative estimate of drug-likeness (QED) is 0.557. The number of thioether (sulfide) groups is 1. The van der Waals surface area contributed by atoms with Crippen molar-refractivity contribution < 1.29 is 4.79 Å².